The molecule has 22 heavy (non-hydrogen) atoms. The number of alkyl halides is 3. The standard InChI is InChI=1S/C15H15F3N2O2/c1-14(2)5-11(21)10(12(22)6-14)8-20-13-4-3-9(7-19-13)15(16,17)18/h3-4,7-8,21H,5-6H2,1-2H3. The van der Waals surface area contributed by atoms with Gasteiger partial charge < -0.3 is 5.11 Å². The molecule has 0 radical (unpaired) electrons. The Bertz CT molecular complexity index is 644. The Balaban J connectivity index is 2.20. The number of Topliss-reactive ketones (excluding diaryl/α,β-unsaturated/α-hetero) is 1. The van der Waals surface area contributed by atoms with Crippen molar-refractivity contribution in [3.8, 4) is 0 Å². The van der Waals surface area contributed by atoms with E-state index in [4.69, 9.17) is 0 Å². The lowest BCUT2D eigenvalue weighted by atomic mass is 9.77. The van der Waals surface area contributed by atoms with E-state index in [0.717, 1.165) is 18.3 Å². The molecule has 0 aliphatic heterocycles. The van der Waals surface area contributed by atoms with Crippen molar-refractivity contribution in [3.05, 3.63) is 35.2 Å². The minimum absolute atomic E-state index is 0.0333. The molecule has 0 amide bonds. The zero-order valence-electron chi connectivity index (χ0n) is 12.1. The third-order valence-corrected chi connectivity index (χ3v) is 3.30. The molecule has 0 saturated carbocycles. The van der Waals surface area contributed by atoms with Crippen LogP contribution >= 0.6 is 0 Å². The van der Waals surface area contributed by atoms with Crippen LogP contribution in [0.2, 0.25) is 0 Å². The summed E-state index contributed by atoms with van der Waals surface area (Å²) in [4.78, 5) is 19.4. The average Bonchev–Trinajstić information content (AvgIpc) is 2.35. The van der Waals surface area contributed by atoms with E-state index < -0.39 is 11.7 Å². The first-order valence-electron chi connectivity index (χ1n) is 6.61. The quantitative estimate of drug-likeness (QED) is 0.839. The SMILES string of the molecule is CC1(C)CC(=O)C(C=Nc2ccc(C(F)(F)F)cn2)=C(O)C1. The highest BCUT2D eigenvalue weighted by Gasteiger charge is 2.32. The summed E-state index contributed by atoms with van der Waals surface area (Å²) in [6, 6.07) is 1.97. The fourth-order valence-electron chi connectivity index (χ4n) is 2.21. The van der Waals surface area contributed by atoms with Gasteiger partial charge in [0.25, 0.3) is 0 Å². The minimum atomic E-state index is -4.46. The van der Waals surface area contributed by atoms with Gasteiger partial charge in [0.2, 0.25) is 0 Å². The second-order valence-corrected chi connectivity index (χ2v) is 5.96. The van der Waals surface area contributed by atoms with E-state index in [9.17, 15) is 23.1 Å². The molecule has 118 valence electrons. The van der Waals surface area contributed by atoms with Crippen LogP contribution in [0.3, 0.4) is 0 Å². The summed E-state index contributed by atoms with van der Waals surface area (Å²) in [5.74, 6) is -0.271. The number of aliphatic hydroxyl groups is 1. The Morgan fingerprint density at radius 1 is 1.32 bits per heavy atom. The number of hydrogen-bond donors (Lipinski definition) is 1. The lowest BCUT2D eigenvalue weighted by Crippen LogP contribution is -2.26. The van der Waals surface area contributed by atoms with Crippen LogP contribution in [0, 0.1) is 5.41 Å². The number of carbonyl (C=O) groups excluding carboxylic acids is 1. The Hall–Kier alpha value is -2.18. The Morgan fingerprint density at radius 3 is 2.50 bits per heavy atom. The second kappa shape index (κ2) is 5.55. The van der Waals surface area contributed by atoms with Gasteiger partial charge in [-0.1, -0.05) is 13.8 Å². The fourth-order valence-corrected chi connectivity index (χ4v) is 2.21. The molecule has 1 N–H and O–H groups in total. The monoisotopic (exact) mass is 312 g/mol. The molecule has 0 saturated heterocycles. The number of ketones is 1. The smallest absolute Gasteiger partial charge is 0.417 e. The summed E-state index contributed by atoms with van der Waals surface area (Å²) in [7, 11) is 0. The molecule has 4 nitrogen and oxygen atoms in total. The molecular formula is C15H15F3N2O2. The van der Waals surface area contributed by atoms with Crippen molar-refractivity contribution in [2.75, 3.05) is 0 Å². The third kappa shape index (κ3) is 3.72. The van der Waals surface area contributed by atoms with Crippen molar-refractivity contribution in [3.63, 3.8) is 0 Å². The van der Waals surface area contributed by atoms with Gasteiger partial charge in [0.1, 0.15) is 5.76 Å². The van der Waals surface area contributed by atoms with Crippen LogP contribution in [0.4, 0.5) is 19.0 Å². The summed E-state index contributed by atoms with van der Waals surface area (Å²) in [6.45, 7) is 3.74. The molecule has 0 spiro atoms. The third-order valence-electron chi connectivity index (χ3n) is 3.30. The molecule has 0 atom stereocenters. The van der Waals surface area contributed by atoms with Gasteiger partial charge in [0, 0.05) is 25.3 Å². The van der Waals surface area contributed by atoms with Crippen molar-refractivity contribution < 1.29 is 23.1 Å². The maximum absolute atomic E-state index is 12.4. The molecule has 7 heteroatoms. The van der Waals surface area contributed by atoms with Gasteiger partial charge >= 0.3 is 6.18 Å². The molecule has 0 unspecified atom stereocenters. The molecule has 2 rings (SSSR count). The van der Waals surface area contributed by atoms with E-state index in [1.807, 2.05) is 13.8 Å². The van der Waals surface area contributed by atoms with Crippen LogP contribution in [0.15, 0.2) is 34.7 Å². The second-order valence-electron chi connectivity index (χ2n) is 5.96. The van der Waals surface area contributed by atoms with Gasteiger partial charge in [-0.15, -0.1) is 0 Å². The van der Waals surface area contributed by atoms with E-state index in [0.29, 0.717) is 12.6 Å². The number of pyridine rings is 1. The van der Waals surface area contributed by atoms with Gasteiger partial charge in [-0.05, 0) is 17.5 Å². The number of allylic oxidation sites excluding steroid dienone is 2. The van der Waals surface area contributed by atoms with E-state index in [-0.39, 0.29) is 34.8 Å². The predicted molar refractivity (Wildman–Crippen MR) is 75.1 cm³/mol. The number of aliphatic hydroxyl groups excluding tert-OH is 1. The largest absolute Gasteiger partial charge is 0.511 e. The zero-order chi connectivity index (χ0) is 16.5. The number of carbonyl (C=O) groups is 1. The van der Waals surface area contributed by atoms with Crippen LogP contribution in [-0.2, 0) is 11.0 Å². The van der Waals surface area contributed by atoms with Crippen molar-refractivity contribution in [2.45, 2.75) is 32.9 Å². The van der Waals surface area contributed by atoms with E-state index in [1.54, 1.807) is 0 Å². The van der Waals surface area contributed by atoms with E-state index in [1.165, 1.54) is 0 Å². The summed E-state index contributed by atoms with van der Waals surface area (Å²) >= 11 is 0. The van der Waals surface area contributed by atoms with Crippen molar-refractivity contribution >= 4 is 17.8 Å². The highest BCUT2D eigenvalue weighted by Crippen LogP contribution is 2.35. The first-order chi connectivity index (χ1) is 10.1. The lowest BCUT2D eigenvalue weighted by Gasteiger charge is -2.28. The van der Waals surface area contributed by atoms with Gasteiger partial charge in [0.15, 0.2) is 11.6 Å². The number of halogens is 3. The lowest BCUT2D eigenvalue weighted by molar-refractivity contribution is -0.137. The van der Waals surface area contributed by atoms with Gasteiger partial charge in [-0.3, -0.25) is 4.79 Å². The fraction of sp³-hybridized carbons (Fsp3) is 0.400. The van der Waals surface area contributed by atoms with Crippen LogP contribution in [0.5, 0.6) is 0 Å². The van der Waals surface area contributed by atoms with Crippen LogP contribution in [-0.4, -0.2) is 22.1 Å². The first kappa shape index (κ1) is 16.2. The zero-order valence-corrected chi connectivity index (χ0v) is 12.1. The number of nitrogens with zero attached hydrogens (tertiary/aromatic N) is 2. The highest BCUT2D eigenvalue weighted by molar-refractivity contribution is 6.14. The predicted octanol–water partition coefficient (Wildman–Crippen LogP) is 4.00. The van der Waals surface area contributed by atoms with Crippen LogP contribution < -0.4 is 0 Å². The van der Waals surface area contributed by atoms with Gasteiger partial charge in [0.05, 0.1) is 11.1 Å². The highest BCUT2D eigenvalue weighted by atomic mass is 19.4. The number of aliphatic imine (C=N–C) groups is 1. The topological polar surface area (TPSA) is 62.5 Å². The molecule has 1 heterocycles. The van der Waals surface area contributed by atoms with Crippen LogP contribution in [0.1, 0.15) is 32.3 Å². The summed E-state index contributed by atoms with van der Waals surface area (Å²) in [6.07, 6.45) is -2.00. The number of rotatable bonds is 2. The summed E-state index contributed by atoms with van der Waals surface area (Å²) in [5.41, 5.74) is -1.10. The minimum Gasteiger partial charge on any atom is -0.511 e. The Morgan fingerprint density at radius 2 is 2.00 bits per heavy atom. The van der Waals surface area contributed by atoms with Gasteiger partial charge in [-0.25, -0.2) is 9.98 Å². The van der Waals surface area contributed by atoms with E-state index in [2.05, 4.69) is 9.98 Å². The van der Waals surface area contributed by atoms with Crippen LogP contribution in [0.25, 0.3) is 0 Å². The average molecular weight is 312 g/mol. The van der Waals surface area contributed by atoms with Crippen molar-refractivity contribution in [1.82, 2.24) is 4.98 Å². The Labute approximate surface area is 125 Å². The summed E-state index contributed by atoms with van der Waals surface area (Å²) in [5, 5.41) is 9.90. The molecule has 1 aliphatic carbocycles. The number of hydrogen-bond acceptors (Lipinski definition) is 4. The maximum Gasteiger partial charge on any atom is 0.417 e. The van der Waals surface area contributed by atoms with E-state index >= 15 is 0 Å². The first-order valence-corrected chi connectivity index (χ1v) is 6.61. The van der Waals surface area contributed by atoms with Crippen molar-refractivity contribution in [2.24, 2.45) is 10.4 Å². The molecule has 0 aromatic carbocycles. The maximum atomic E-state index is 12.4. The van der Waals surface area contributed by atoms with Gasteiger partial charge in [-0.2, -0.15) is 13.2 Å². The number of aromatic nitrogens is 1. The van der Waals surface area contributed by atoms with Crippen molar-refractivity contribution in [1.29, 1.82) is 0 Å². The molecular weight excluding hydrogens is 297 g/mol. The summed E-state index contributed by atoms with van der Waals surface area (Å²) < 4.78 is 37.2. The molecule has 1 aromatic rings. The molecule has 0 fully saturated rings. The Kier molecular flexibility index (Phi) is 4.08. The molecule has 1 aliphatic rings. The molecule has 0 bridgehead atoms. The molecule has 1 aromatic heterocycles. The normalized spacial score (nSPS) is 19.0.